The Kier molecular flexibility index (Phi) is 6.51. The van der Waals surface area contributed by atoms with Crippen LogP contribution in [-0.2, 0) is 15.9 Å². The van der Waals surface area contributed by atoms with Gasteiger partial charge in [0.05, 0.1) is 43.3 Å². The second kappa shape index (κ2) is 9.35. The molecule has 0 bridgehead atoms. The van der Waals surface area contributed by atoms with Crippen molar-refractivity contribution in [3.05, 3.63) is 53.4 Å². The van der Waals surface area contributed by atoms with Crippen LogP contribution in [0.1, 0.15) is 25.1 Å². The Hall–Kier alpha value is -3.20. The lowest BCUT2D eigenvalue weighted by atomic mass is 10.0. The fraction of sp³-hybridized carbons (Fsp3) is 0.417. The zero-order valence-corrected chi connectivity index (χ0v) is 19.2. The van der Waals surface area contributed by atoms with E-state index in [0.29, 0.717) is 43.1 Å². The van der Waals surface area contributed by atoms with Crippen LogP contribution in [0.25, 0.3) is 16.9 Å². The Labute approximate surface area is 191 Å². The summed E-state index contributed by atoms with van der Waals surface area (Å²) in [5.41, 5.74) is 2.60. The van der Waals surface area contributed by atoms with Crippen molar-refractivity contribution in [3.63, 3.8) is 0 Å². The highest BCUT2D eigenvalue weighted by Gasteiger charge is 2.29. The van der Waals surface area contributed by atoms with Gasteiger partial charge in [-0.05, 0) is 50.6 Å². The molecular weight excluding hydrogens is 430 g/mol. The number of fused-ring (bicyclic) bond motifs is 1. The number of carbonyl (C=O) groups excluding carboxylic acids is 1. The molecule has 1 aliphatic heterocycles. The van der Waals surface area contributed by atoms with Gasteiger partial charge in [-0.2, -0.15) is 0 Å². The summed E-state index contributed by atoms with van der Waals surface area (Å²) in [7, 11) is 1.33. The summed E-state index contributed by atoms with van der Waals surface area (Å²) >= 11 is 0. The molecule has 1 atom stereocenters. The molecule has 1 aromatic carbocycles. The highest BCUT2D eigenvalue weighted by molar-refractivity contribution is 5.71. The predicted octanol–water partition coefficient (Wildman–Crippen LogP) is 4.42. The minimum absolute atomic E-state index is 0.0320. The van der Waals surface area contributed by atoms with E-state index in [4.69, 9.17) is 9.47 Å². The molecule has 3 aromatic rings. The van der Waals surface area contributed by atoms with Gasteiger partial charge in [0, 0.05) is 30.9 Å². The second-order valence-electron chi connectivity index (χ2n) is 8.57. The van der Waals surface area contributed by atoms with Gasteiger partial charge >= 0.3 is 6.09 Å². The first-order valence-corrected chi connectivity index (χ1v) is 10.9. The molecule has 1 saturated heterocycles. The summed E-state index contributed by atoms with van der Waals surface area (Å²) in [6.07, 6.45) is 1.35. The monoisotopic (exact) mass is 458 g/mol. The van der Waals surface area contributed by atoms with Crippen LogP contribution < -0.4 is 5.32 Å². The molecule has 7 nitrogen and oxygen atoms in total. The Morgan fingerprint density at radius 1 is 1.30 bits per heavy atom. The number of imidazole rings is 1. The van der Waals surface area contributed by atoms with Gasteiger partial charge in [0.25, 0.3) is 0 Å². The van der Waals surface area contributed by atoms with Crippen molar-refractivity contribution in [2.45, 2.75) is 39.3 Å². The lowest BCUT2D eigenvalue weighted by Crippen LogP contribution is -2.46. The first-order valence-electron chi connectivity index (χ1n) is 10.9. The number of anilines is 1. The molecule has 9 heteroatoms. The number of methoxy groups -OCH3 is 1. The number of nitrogens with zero attached hydrogens (tertiary/aromatic N) is 3. The standard InChI is InChI=1S/C24H28F2N4O3/c1-14(2)27-16-10-18(25)22(19(26)11-16)23-20(30-6-5-15(3)9-21(30)28-23)12-17-13-29(7-8-33-17)24(31)32-4/h5-6,9-11,14,17,27H,7-8,12-13H2,1-4H3/t17-/m0/s1. The van der Waals surface area contributed by atoms with Crippen molar-refractivity contribution in [1.29, 1.82) is 0 Å². The van der Waals surface area contributed by atoms with Gasteiger partial charge in [0.1, 0.15) is 17.3 Å². The number of carbonyl (C=O) groups is 1. The van der Waals surface area contributed by atoms with E-state index in [1.807, 2.05) is 43.5 Å². The number of halogens is 2. The summed E-state index contributed by atoms with van der Waals surface area (Å²) in [6, 6.07) is 6.37. The Bertz CT molecular complexity index is 1150. The second-order valence-corrected chi connectivity index (χ2v) is 8.57. The maximum atomic E-state index is 15.2. The van der Waals surface area contributed by atoms with E-state index in [1.165, 1.54) is 19.2 Å². The van der Waals surface area contributed by atoms with E-state index in [1.54, 1.807) is 4.90 Å². The number of benzene rings is 1. The zero-order valence-electron chi connectivity index (χ0n) is 19.2. The molecule has 0 unspecified atom stereocenters. The molecule has 0 radical (unpaired) electrons. The lowest BCUT2D eigenvalue weighted by Gasteiger charge is -2.32. The minimum atomic E-state index is -0.694. The first kappa shape index (κ1) is 23.0. The summed E-state index contributed by atoms with van der Waals surface area (Å²) < 4.78 is 42.9. The van der Waals surface area contributed by atoms with E-state index in [9.17, 15) is 4.79 Å². The molecule has 2 aromatic heterocycles. The summed E-state index contributed by atoms with van der Waals surface area (Å²) in [4.78, 5) is 18.1. The third-order valence-corrected chi connectivity index (χ3v) is 5.61. The van der Waals surface area contributed by atoms with E-state index in [-0.39, 0.29) is 23.4 Å². The first-order chi connectivity index (χ1) is 15.8. The number of aryl methyl sites for hydroxylation is 1. The quantitative estimate of drug-likeness (QED) is 0.613. The van der Waals surface area contributed by atoms with Crippen LogP contribution in [0.15, 0.2) is 30.5 Å². The third-order valence-electron chi connectivity index (χ3n) is 5.61. The molecule has 1 amide bonds. The van der Waals surface area contributed by atoms with Gasteiger partial charge in [0.2, 0.25) is 0 Å². The third kappa shape index (κ3) is 4.78. The molecule has 0 spiro atoms. The van der Waals surface area contributed by atoms with Crippen LogP contribution in [0.3, 0.4) is 0 Å². The van der Waals surface area contributed by atoms with Crippen LogP contribution in [0.2, 0.25) is 0 Å². The lowest BCUT2D eigenvalue weighted by molar-refractivity contribution is -0.0241. The van der Waals surface area contributed by atoms with Crippen molar-refractivity contribution in [2.24, 2.45) is 0 Å². The number of hydrogen-bond acceptors (Lipinski definition) is 5. The number of nitrogens with one attached hydrogen (secondary N) is 1. The molecular formula is C24H28F2N4O3. The number of morpholine rings is 1. The number of aromatic nitrogens is 2. The van der Waals surface area contributed by atoms with Gasteiger partial charge in [-0.25, -0.2) is 18.6 Å². The molecule has 0 saturated carbocycles. The average Bonchev–Trinajstić information content (AvgIpc) is 3.09. The van der Waals surface area contributed by atoms with Crippen molar-refractivity contribution < 1.29 is 23.0 Å². The van der Waals surface area contributed by atoms with Crippen molar-refractivity contribution in [2.75, 3.05) is 32.1 Å². The SMILES string of the molecule is COC(=O)N1CCO[C@@H](Cc2c(-c3c(F)cc(NC(C)C)cc3F)nc3cc(C)ccn23)C1. The van der Waals surface area contributed by atoms with Gasteiger partial charge < -0.3 is 24.1 Å². The van der Waals surface area contributed by atoms with Crippen LogP contribution in [0.5, 0.6) is 0 Å². The zero-order chi connectivity index (χ0) is 23.7. The maximum absolute atomic E-state index is 15.2. The van der Waals surface area contributed by atoms with Gasteiger partial charge in [-0.1, -0.05) is 0 Å². The Morgan fingerprint density at radius 2 is 2.03 bits per heavy atom. The fourth-order valence-corrected chi connectivity index (χ4v) is 4.16. The summed E-state index contributed by atoms with van der Waals surface area (Å²) in [5, 5.41) is 3.03. The number of amides is 1. The van der Waals surface area contributed by atoms with Crippen molar-refractivity contribution in [1.82, 2.24) is 14.3 Å². The van der Waals surface area contributed by atoms with Crippen LogP contribution in [-0.4, -0.2) is 59.3 Å². The smallest absolute Gasteiger partial charge is 0.409 e. The summed E-state index contributed by atoms with van der Waals surface area (Å²) in [5.74, 6) is -1.39. The normalized spacial score (nSPS) is 16.5. The van der Waals surface area contributed by atoms with Crippen LogP contribution in [0.4, 0.5) is 19.3 Å². The van der Waals surface area contributed by atoms with E-state index < -0.39 is 17.7 Å². The number of hydrogen-bond donors (Lipinski definition) is 1. The Morgan fingerprint density at radius 3 is 2.70 bits per heavy atom. The fourth-order valence-electron chi connectivity index (χ4n) is 4.16. The van der Waals surface area contributed by atoms with E-state index >= 15 is 8.78 Å². The van der Waals surface area contributed by atoms with Gasteiger partial charge in [-0.15, -0.1) is 0 Å². The number of ether oxygens (including phenoxy) is 2. The Balaban J connectivity index is 1.77. The van der Waals surface area contributed by atoms with E-state index in [0.717, 1.165) is 5.56 Å². The molecule has 0 aliphatic carbocycles. The van der Waals surface area contributed by atoms with E-state index in [2.05, 4.69) is 10.3 Å². The van der Waals surface area contributed by atoms with Crippen LogP contribution in [0, 0.1) is 18.6 Å². The largest absolute Gasteiger partial charge is 0.453 e. The highest BCUT2D eigenvalue weighted by atomic mass is 19.1. The topological polar surface area (TPSA) is 68.1 Å². The number of pyridine rings is 1. The summed E-state index contributed by atoms with van der Waals surface area (Å²) in [6.45, 7) is 6.81. The van der Waals surface area contributed by atoms with Gasteiger partial charge in [-0.3, -0.25) is 0 Å². The molecule has 176 valence electrons. The molecule has 1 aliphatic rings. The van der Waals surface area contributed by atoms with Gasteiger partial charge in [0.15, 0.2) is 0 Å². The molecule has 4 rings (SSSR count). The average molecular weight is 459 g/mol. The van der Waals surface area contributed by atoms with Crippen LogP contribution >= 0.6 is 0 Å². The molecule has 1 N–H and O–H groups in total. The maximum Gasteiger partial charge on any atom is 0.409 e. The molecule has 33 heavy (non-hydrogen) atoms. The van der Waals surface area contributed by atoms with Crippen molar-refractivity contribution >= 4 is 17.4 Å². The highest BCUT2D eigenvalue weighted by Crippen LogP contribution is 2.33. The number of rotatable bonds is 5. The van der Waals surface area contributed by atoms with Crippen molar-refractivity contribution in [3.8, 4) is 11.3 Å². The molecule has 1 fully saturated rings. The predicted molar refractivity (Wildman–Crippen MR) is 121 cm³/mol. The molecule has 3 heterocycles. The minimum Gasteiger partial charge on any atom is -0.453 e.